The van der Waals surface area contributed by atoms with Gasteiger partial charge in [0, 0.05) is 42.4 Å². The second-order valence-corrected chi connectivity index (χ2v) is 9.89. The fourth-order valence-electron chi connectivity index (χ4n) is 5.26. The minimum Gasteiger partial charge on any atom is -0.497 e. The average molecular weight is 548 g/mol. The Morgan fingerprint density at radius 2 is 1.87 bits per heavy atom. The number of benzene rings is 2. The largest absolute Gasteiger partial charge is 0.497 e. The number of carboxylic acids is 1. The molecule has 0 radical (unpaired) electrons. The van der Waals surface area contributed by atoms with Gasteiger partial charge in [-0.25, -0.2) is 13.2 Å². The molecule has 1 saturated heterocycles. The van der Waals surface area contributed by atoms with Crippen molar-refractivity contribution in [2.45, 2.75) is 38.4 Å². The van der Waals surface area contributed by atoms with Crippen LogP contribution in [0.15, 0.2) is 36.5 Å². The number of fused-ring (bicyclic) bond motifs is 1. The third kappa shape index (κ3) is 6.26. The number of ether oxygens (including phenoxy) is 1. The predicted octanol–water partition coefficient (Wildman–Crippen LogP) is 4.25. The summed E-state index contributed by atoms with van der Waals surface area (Å²) < 4.78 is 46.1. The van der Waals surface area contributed by atoms with Gasteiger partial charge in [0.05, 0.1) is 30.8 Å². The zero-order valence-corrected chi connectivity index (χ0v) is 21.6. The molecule has 1 aliphatic heterocycles. The number of carboxylic acid groups (broad SMARTS) is 1. The van der Waals surface area contributed by atoms with Crippen LogP contribution >= 0.6 is 0 Å². The quantitative estimate of drug-likeness (QED) is 0.282. The van der Waals surface area contributed by atoms with Crippen LogP contribution in [-0.4, -0.2) is 64.5 Å². The topological polar surface area (TPSA) is 115 Å². The van der Waals surface area contributed by atoms with Gasteiger partial charge < -0.3 is 30.3 Å². The molecular formula is C28H32F3N3O5. The van der Waals surface area contributed by atoms with Crippen LogP contribution in [0.25, 0.3) is 10.9 Å². The molecule has 0 saturated carbocycles. The van der Waals surface area contributed by atoms with Crippen molar-refractivity contribution < 1.29 is 38.0 Å². The molecule has 2 aromatic carbocycles. The minimum atomic E-state index is -1.04. The number of carbonyl (C=O) groups is 1. The number of nitrogens with one attached hydrogen (secondary N) is 1. The zero-order chi connectivity index (χ0) is 28.2. The number of aliphatic hydroxyl groups excluding tert-OH is 2. The van der Waals surface area contributed by atoms with Crippen LogP contribution in [-0.2, 0) is 11.4 Å². The summed E-state index contributed by atoms with van der Waals surface area (Å²) in [6, 6.07) is 6.46. The Morgan fingerprint density at radius 3 is 2.49 bits per heavy atom. The molecule has 4 N–H and O–H groups in total. The minimum absolute atomic E-state index is 0.167. The summed E-state index contributed by atoms with van der Waals surface area (Å²) in [5.41, 5.74) is 0.151. The van der Waals surface area contributed by atoms with Gasteiger partial charge in [-0.2, -0.15) is 0 Å². The number of methoxy groups -OCH3 is 1. The van der Waals surface area contributed by atoms with Crippen LogP contribution in [0.3, 0.4) is 0 Å². The molecule has 1 unspecified atom stereocenters. The van der Waals surface area contributed by atoms with E-state index in [9.17, 15) is 33.3 Å². The molecule has 1 aliphatic rings. The first-order valence-corrected chi connectivity index (χ1v) is 12.8. The van der Waals surface area contributed by atoms with E-state index in [-0.39, 0.29) is 26.0 Å². The van der Waals surface area contributed by atoms with E-state index >= 15 is 0 Å². The van der Waals surface area contributed by atoms with E-state index in [1.807, 2.05) is 4.90 Å². The van der Waals surface area contributed by atoms with Gasteiger partial charge in [-0.15, -0.1) is 0 Å². The predicted molar refractivity (Wildman–Crippen MR) is 139 cm³/mol. The molecule has 3 aromatic rings. The summed E-state index contributed by atoms with van der Waals surface area (Å²) in [7, 11) is 1.53. The van der Waals surface area contributed by atoms with Crippen LogP contribution in [0.1, 0.15) is 42.9 Å². The lowest BCUT2D eigenvalue weighted by atomic mass is 9.74. The summed E-state index contributed by atoms with van der Waals surface area (Å²) in [6.45, 7) is 1.19. The Kier molecular flexibility index (Phi) is 8.94. The second kappa shape index (κ2) is 12.2. The zero-order valence-electron chi connectivity index (χ0n) is 21.6. The maximum absolute atomic E-state index is 13.8. The molecule has 39 heavy (non-hydrogen) atoms. The third-order valence-electron chi connectivity index (χ3n) is 7.60. The maximum atomic E-state index is 13.8. The first-order valence-electron chi connectivity index (χ1n) is 12.8. The van der Waals surface area contributed by atoms with Crippen molar-refractivity contribution in [1.29, 1.82) is 0 Å². The van der Waals surface area contributed by atoms with E-state index < -0.39 is 40.6 Å². The van der Waals surface area contributed by atoms with E-state index in [1.165, 1.54) is 13.3 Å². The highest BCUT2D eigenvalue weighted by atomic mass is 19.1. The molecule has 1 atom stereocenters. The molecule has 11 heteroatoms. The van der Waals surface area contributed by atoms with E-state index in [1.54, 1.807) is 18.2 Å². The fraction of sp³-hybridized carbons (Fsp3) is 0.429. The first kappa shape index (κ1) is 28.6. The number of hydrogen-bond donors (Lipinski definition) is 4. The monoisotopic (exact) mass is 547 g/mol. The lowest BCUT2D eigenvalue weighted by molar-refractivity contribution is -0.153. The number of piperidine rings is 1. The highest BCUT2D eigenvalue weighted by molar-refractivity contribution is 5.85. The maximum Gasteiger partial charge on any atom is 0.309 e. The van der Waals surface area contributed by atoms with Crippen LogP contribution in [0.4, 0.5) is 18.9 Å². The SMILES string of the molecule is COc1ccc2ncc(CO)c(C(O)CCC3(C(=O)O)CCN(CCNc4c(F)cc(F)cc4F)CC3)c2c1. The Morgan fingerprint density at radius 1 is 1.18 bits per heavy atom. The van der Waals surface area contributed by atoms with E-state index in [2.05, 4.69) is 10.3 Å². The molecule has 2 heterocycles. The Hall–Kier alpha value is -3.41. The van der Waals surface area contributed by atoms with Crippen LogP contribution in [0.5, 0.6) is 5.75 Å². The number of rotatable bonds is 11. The molecular weight excluding hydrogens is 515 g/mol. The average Bonchev–Trinajstić information content (AvgIpc) is 2.92. The Labute approximate surface area is 224 Å². The van der Waals surface area contributed by atoms with E-state index in [4.69, 9.17) is 4.74 Å². The number of aliphatic carboxylic acids is 1. The van der Waals surface area contributed by atoms with Gasteiger partial charge in [-0.3, -0.25) is 9.78 Å². The van der Waals surface area contributed by atoms with Crippen LogP contribution in [0, 0.1) is 22.9 Å². The van der Waals surface area contributed by atoms with Gasteiger partial charge in [0.15, 0.2) is 11.6 Å². The number of nitrogens with zero attached hydrogens (tertiary/aromatic N) is 2. The van der Waals surface area contributed by atoms with Crippen LogP contribution in [0.2, 0.25) is 0 Å². The van der Waals surface area contributed by atoms with Gasteiger partial charge in [-0.1, -0.05) is 0 Å². The van der Waals surface area contributed by atoms with Crippen molar-refractivity contribution in [1.82, 2.24) is 9.88 Å². The molecule has 4 rings (SSSR count). The summed E-state index contributed by atoms with van der Waals surface area (Å²) in [5.74, 6) is -3.39. The van der Waals surface area contributed by atoms with Gasteiger partial charge in [0.1, 0.15) is 17.3 Å². The number of pyridine rings is 1. The first-order chi connectivity index (χ1) is 18.7. The molecule has 0 aliphatic carbocycles. The smallest absolute Gasteiger partial charge is 0.309 e. The molecule has 0 amide bonds. The number of aromatic nitrogens is 1. The molecule has 0 bridgehead atoms. The summed E-state index contributed by atoms with van der Waals surface area (Å²) in [4.78, 5) is 18.7. The summed E-state index contributed by atoms with van der Waals surface area (Å²) in [5, 5.41) is 34.5. The van der Waals surface area contributed by atoms with E-state index in [0.29, 0.717) is 72.4 Å². The third-order valence-corrected chi connectivity index (χ3v) is 7.60. The molecule has 0 spiro atoms. The normalized spacial score (nSPS) is 16.3. The van der Waals surface area contributed by atoms with Crippen molar-refractivity contribution in [3.8, 4) is 5.75 Å². The van der Waals surface area contributed by atoms with Gasteiger partial charge in [0.2, 0.25) is 0 Å². The van der Waals surface area contributed by atoms with Crippen LogP contribution < -0.4 is 10.1 Å². The lowest BCUT2D eigenvalue weighted by Gasteiger charge is -2.39. The van der Waals surface area contributed by atoms with Crippen molar-refractivity contribution in [3.63, 3.8) is 0 Å². The summed E-state index contributed by atoms with van der Waals surface area (Å²) >= 11 is 0. The molecule has 1 aromatic heterocycles. The van der Waals surface area contributed by atoms with E-state index in [0.717, 1.165) is 0 Å². The highest BCUT2D eigenvalue weighted by Gasteiger charge is 2.41. The fourth-order valence-corrected chi connectivity index (χ4v) is 5.26. The standard InChI is InChI=1S/C28H32F3N3O5/c1-39-19-2-3-23-20(14-19)25(17(16-35)15-33-23)24(36)4-5-28(27(37)38)6-9-34(10-7-28)11-8-32-26-21(30)12-18(29)13-22(26)31/h2-3,12-15,24,32,35-36H,4-11,16H2,1H3,(H,37,38). The molecule has 8 nitrogen and oxygen atoms in total. The highest BCUT2D eigenvalue weighted by Crippen LogP contribution is 2.40. The van der Waals surface area contributed by atoms with Crippen molar-refractivity contribution >= 4 is 22.6 Å². The van der Waals surface area contributed by atoms with Crippen molar-refractivity contribution in [2.75, 3.05) is 38.6 Å². The number of anilines is 1. The number of hydrogen-bond acceptors (Lipinski definition) is 7. The number of halogens is 3. The van der Waals surface area contributed by atoms with Gasteiger partial charge in [-0.05, 0) is 62.5 Å². The van der Waals surface area contributed by atoms with Crippen molar-refractivity contribution in [3.05, 3.63) is 65.1 Å². The summed E-state index contributed by atoms with van der Waals surface area (Å²) in [6.07, 6.45) is 1.55. The van der Waals surface area contributed by atoms with Crippen molar-refractivity contribution in [2.24, 2.45) is 5.41 Å². The molecule has 210 valence electrons. The molecule has 1 fully saturated rings. The Balaban J connectivity index is 1.39. The number of aliphatic hydroxyl groups is 2. The lowest BCUT2D eigenvalue weighted by Crippen LogP contribution is -2.45. The van der Waals surface area contributed by atoms with Gasteiger partial charge in [0.25, 0.3) is 0 Å². The number of likely N-dealkylation sites (tertiary alicyclic amines) is 1. The second-order valence-electron chi connectivity index (χ2n) is 9.89. The Bertz CT molecular complexity index is 1300. The van der Waals surface area contributed by atoms with Gasteiger partial charge >= 0.3 is 5.97 Å².